The molecular formula is C21H19NO. The zero-order chi connectivity index (χ0) is 15.5. The molecule has 1 aliphatic heterocycles. The zero-order valence-corrected chi connectivity index (χ0v) is 13.1. The van der Waals surface area contributed by atoms with Gasteiger partial charge in [-0.3, -0.25) is 4.90 Å². The number of morpholine rings is 1. The van der Waals surface area contributed by atoms with Crippen LogP contribution in [0.1, 0.15) is 5.56 Å². The minimum Gasteiger partial charge on any atom is -0.379 e. The molecule has 23 heavy (non-hydrogen) atoms. The predicted octanol–water partition coefficient (Wildman–Crippen LogP) is 3.68. The van der Waals surface area contributed by atoms with E-state index in [0.29, 0.717) is 0 Å². The average Bonchev–Trinajstić information content (AvgIpc) is 2.61. The van der Waals surface area contributed by atoms with Gasteiger partial charge in [-0.1, -0.05) is 48.2 Å². The second-order valence-electron chi connectivity index (χ2n) is 5.92. The Hall–Kier alpha value is -2.34. The summed E-state index contributed by atoms with van der Waals surface area (Å²) >= 11 is 0. The first-order valence-electron chi connectivity index (χ1n) is 8.11. The molecule has 1 fully saturated rings. The molecule has 0 atom stereocenters. The van der Waals surface area contributed by atoms with E-state index in [0.717, 1.165) is 38.4 Å². The summed E-state index contributed by atoms with van der Waals surface area (Å²) in [6, 6.07) is 19.4. The third kappa shape index (κ3) is 3.07. The summed E-state index contributed by atoms with van der Waals surface area (Å²) in [5, 5.41) is 5.03. The number of fused-ring (bicyclic) bond motifs is 2. The first-order valence-corrected chi connectivity index (χ1v) is 8.11. The van der Waals surface area contributed by atoms with E-state index in [2.05, 4.69) is 71.3 Å². The highest BCUT2D eigenvalue weighted by Crippen LogP contribution is 2.25. The minimum absolute atomic E-state index is 0.813. The standard InChI is InChI=1S/C21H19NO/c1-2-6-19-16-21-17(7-3-8-20(21)15-18(19)5-1)9-4-10-22-11-13-23-14-12-22/h1-3,5-8,15-16H,10-14H2. The topological polar surface area (TPSA) is 12.5 Å². The molecule has 0 bridgehead atoms. The van der Waals surface area contributed by atoms with Crippen molar-refractivity contribution in [3.8, 4) is 11.8 Å². The molecular weight excluding hydrogens is 282 g/mol. The van der Waals surface area contributed by atoms with Crippen molar-refractivity contribution < 1.29 is 4.74 Å². The van der Waals surface area contributed by atoms with Gasteiger partial charge in [-0.25, -0.2) is 0 Å². The van der Waals surface area contributed by atoms with Crippen LogP contribution in [0.2, 0.25) is 0 Å². The number of nitrogens with zero attached hydrogens (tertiary/aromatic N) is 1. The summed E-state index contributed by atoms with van der Waals surface area (Å²) in [7, 11) is 0. The Bertz CT molecular complexity index is 898. The first-order chi connectivity index (χ1) is 11.4. The maximum atomic E-state index is 5.37. The lowest BCUT2D eigenvalue weighted by molar-refractivity contribution is 0.0443. The van der Waals surface area contributed by atoms with E-state index in [-0.39, 0.29) is 0 Å². The molecule has 0 aliphatic carbocycles. The van der Waals surface area contributed by atoms with Crippen LogP contribution < -0.4 is 0 Å². The van der Waals surface area contributed by atoms with Crippen LogP contribution in [0.4, 0.5) is 0 Å². The Kier molecular flexibility index (Phi) is 3.98. The van der Waals surface area contributed by atoms with Crippen molar-refractivity contribution in [3.63, 3.8) is 0 Å². The van der Waals surface area contributed by atoms with Gasteiger partial charge in [0.25, 0.3) is 0 Å². The van der Waals surface area contributed by atoms with Crippen molar-refractivity contribution in [3.05, 3.63) is 60.2 Å². The third-order valence-electron chi connectivity index (χ3n) is 4.38. The van der Waals surface area contributed by atoms with Crippen LogP contribution in [0.3, 0.4) is 0 Å². The molecule has 1 heterocycles. The van der Waals surface area contributed by atoms with E-state index >= 15 is 0 Å². The summed E-state index contributed by atoms with van der Waals surface area (Å²) in [6.45, 7) is 4.42. The van der Waals surface area contributed by atoms with Crippen LogP contribution >= 0.6 is 0 Å². The quantitative estimate of drug-likeness (QED) is 0.502. The van der Waals surface area contributed by atoms with Crippen molar-refractivity contribution in [2.75, 3.05) is 32.8 Å². The fraction of sp³-hybridized carbons (Fsp3) is 0.238. The lowest BCUT2D eigenvalue weighted by Gasteiger charge is -2.24. The molecule has 2 heteroatoms. The van der Waals surface area contributed by atoms with E-state index in [9.17, 15) is 0 Å². The Morgan fingerprint density at radius 1 is 0.870 bits per heavy atom. The van der Waals surface area contributed by atoms with Crippen LogP contribution in [0, 0.1) is 11.8 Å². The molecule has 0 N–H and O–H groups in total. The van der Waals surface area contributed by atoms with E-state index in [1.807, 2.05) is 0 Å². The third-order valence-corrected chi connectivity index (χ3v) is 4.38. The number of hydrogen-bond donors (Lipinski definition) is 0. The average molecular weight is 301 g/mol. The van der Waals surface area contributed by atoms with E-state index in [1.54, 1.807) is 0 Å². The van der Waals surface area contributed by atoms with Gasteiger partial charge >= 0.3 is 0 Å². The summed E-state index contributed by atoms with van der Waals surface area (Å²) < 4.78 is 5.37. The molecule has 1 aliphatic rings. The van der Waals surface area contributed by atoms with Crippen molar-refractivity contribution in [2.24, 2.45) is 0 Å². The van der Waals surface area contributed by atoms with Crippen molar-refractivity contribution in [1.29, 1.82) is 0 Å². The smallest absolute Gasteiger partial charge is 0.0606 e. The highest BCUT2D eigenvalue weighted by atomic mass is 16.5. The molecule has 0 radical (unpaired) electrons. The molecule has 4 rings (SSSR count). The monoisotopic (exact) mass is 301 g/mol. The number of benzene rings is 3. The first kappa shape index (κ1) is 14.3. The van der Waals surface area contributed by atoms with Gasteiger partial charge in [0.2, 0.25) is 0 Å². The molecule has 0 aromatic heterocycles. The SMILES string of the molecule is C(#Cc1cccc2cc3ccccc3cc12)CN1CCOCC1. The minimum atomic E-state index is 0.813. The molecule has 0 saturated carbocycles. The van der Waals surface area contributed by atoms with Gasteiger partial charge in [0.15, 0.2) is 0 Å². The molecule has 3 aromatic carbocycles. The second-order valence-corrected chi connectivity index (χ2v) is 5.92. The largest absolute Gasteiger partial charge is 0.379 e. The molecule has 0 spiro atoms. The predicted molar refractivity (Wildman–Crippen MR) is 95.6 cm³/mol. The lowest BCUT2D eigenvalue weighted by atomic mass is 10.00. The van der Waals surface area contributed by atoms with Gasteiger partial charge in [0.1, 0.15) is 0 Å². The van der Waals surface area contributed by atoms with Crippen LogP contribution in [-0.2, 0) is 4.74 Å². The molecule has 3 aromatic rings. The van der Waals surface area contributed by atoms with Crippen LogP contribution in [-0.4, -0.2) is 37.7 Å². The van der Waals surface area contributed by atoms with Crippen LogP contribution in [0.5, 0.6) is 0 Å². The van der Waals surface area contributed by atoms with Crippen LogP contribution in [0.15, 0.2) is 54.6 Å². The van der Waals surface area contributed by atoms with E-state index in [4.69, 9.17) is 4.74 Å². The molecule has 114 valence electrons. The Labute approximate surface area is 136 Å². The molecule has 2 nitrogen and oxygen atoms in total. The van der Waals surface area contributed by atoms with E-state index in [1.165, 1.54) is 21.5 Å². The summed E-state index contributed by atoms with van der Waals surface area (Å²) in [4.78, 5) is 2.34. The van der Waals surface area contributed by atoms with Gasteiger partial charge in [0, 0.05) is 18.7 Å². The van der Waals surface area contributed by atoms with Crippen molar-refractivity contribution >= 4 is 21.5 Å². The van der Waals surface area contributed by atoms with Gasteiger partial charge in [0.05, 0.1) is 19.8 Å². The fourth-order valence-corrected chi connectivity index (χ4v) is 3.08. The molecule has 0 amide bonds. The van der Waals surface area contributed by atoms with Gasteiger partial charge in [-0.15, -0.1) is 0 Å². The normalized spacial score (nSPS) is 15.5. The second kappa shape index (κ2) is 6.42. The van der Waals surface area contributed by atoms with Gasteiger partial charge in [-0.05, 0) is 39.7 Å². The summed E-state index contributed by atoms with van der Waals surface area (Å²) in [5.74, 6) is 6.70. The maximum absolute atomic E-state index is 5.37. The number of ether oxygens (including phenoxy) is 1. The van der Waals surface area contributed by atoms with Crippen molar-refractivity contribution in [2.45, 2.75) is 0 Å². The lowest BCUT2D eigenvalue weighted by Crippen LogP contribution is -2.36. The fourth-order valence-electron chi connectivity index (χ4n) is 3.08. The summed E-state index contributed by atoms with van der Waals surface area (Å²) in [5.41, 5.74) is 1.11. The zero-order valence-electron chi connectivity index (χ0n) is 13.1. The Morgan fingerprint density at radius 3 is 2.43 bits per heavy atom. The number of hydrogen-bond acceptors (Lipinski definition) is 2. The van der Waals surface area contributed by atoms with Crippen LogP contribution in [0.25, 0.3) is 21.5 Å². The van der Waals surface area contributed by atoms with Gasteiger partial charge < -0.3 is 4.74 Å². The molecule has 1 saturated heterocycles. The summed E-state index contributed by atoms with van der Waals surface area (Å²) in [6.07, 6.45) is 0. The Morgan fingerprint density at radius 2 is 1.61 bits per heavy atom. The Balaban J connectivity index is 1.68. The maximum Gasteiger partial charge on any atom is 0.0606 e. The highest BCUT2D eigenvalue weighted by Gasteiger charge is 2.08. The van der Waals surface area contributed by atoms with Gasteiger partial charge in [-0.2, -0.15) is 0 Å². The molecule has 0 unspecified atom stereocenters. The van der Waals surface area contributed by atoms with E-state index < -0.39 is 0 Å². The van der Waals surface area contributed by atoms with Crippen molar-refractivity contribution in [1.82, 2.24) is 4.90 Å². The number of rotatable bonds is 1. The highest BCUT2D eigenvalue weighted by molar-refractivity contribution is 6.00.